The summed E-state index contributed by atoms with van der Waals surface area (Å²) in [6.45, 7) is 2.28. The molecule has 0 aliphatic heterocycles. The first kappa shape index (κ1) is 16.0. The van der Waals surface area contributed by atoms with Crippen molar-refractivity contribution in [1.82, 2.24) is 4.72 Å². The predicted molar refractivity (Wildman–Crippen MR) is 91.9 cm³/mol. The number of sulfonamides is 1. The van der Waals surface area contributed by atoms with Gasteiger partial charge >= 0.3 is 0 Å². The first-order valence-electron chi connectivity index (χ1n) is 7.28. The Morgan fingerprint density at radius 1 is 1.04 bits per heavy atom. The molecule has 0 radical (unpaired) electrons. The molecule has 4 nitrogen and oxygen atoms in total. The van der Waals surface area contributed by atoms with Crippen LogP contribution in [-0.4, -0.2) is 8.42 Å². The fraction of sp³-hybridized carbons (Fsp3) is 0.176. The molecule has 0 bridgehead atoms. The zero-order valence-electron chi connectivity index (χ0n) is 12.7. The van der Waals surface area contributed by atoms with Crippen LogP contribution in [0.15, 0.2) is 63.6 Å². The number of aryl methyl sites for hydroxylation is 1. The summed E-state index contributed by atoms with van der Waals surface area (Å²) in [7, 11) is -3.45. The Morgan fingerprint density at radius 3 is 2.43 bits per heavy atom. The van der Waals surface area contributed by atoms with Gasteiger partial charge in [-0.05, 0) is 35.7 Å². The molecule has 0 atom stereocenters. The number of furan rings is 1. The zero-order valence-corrected chi connectivity index (χ0v) is 14.3. The van der Waals surface area contributed by atoms with E-state index in [0.29, 0.717) is 4.21 Å². The Hall–Kier alpha value is -1.89. The van der Waals surface area contributed by atoms with Crippen molar-refractivity contribution in [3.8, 4) is 11.1 Å². The first-order chi connectivity index (χ1) is 11.1. The van der Waals surface area contributed by atoms with E-state index in [9.17, 15) is 8.42 Å². The molecule has 23 heavy (non-hydrogen) atoms. The van der Waals surface area contributed by atoms with Crippen molar-refractivity contribution in [1.29, 1.82) is 0 Å². The third kappa shape index (κ3) is 3.72. The molecule has 0 spiro atoms. The summed E-state index contributed by atoms with van der Waals surface area (Å²) < 4.78 is 32.6. The highest BCUT2D eigenvalue weighted by Gasteiger charge is 2.16. The lowest BCUT2D eigenvalue weighted by Crippen LogP contribution is -2.22. The molecule has 3 aromatic rings. The van der Waals surface area contributed by atoms with Gasteiger partial charge in [-0.1, -0.05) is 31.2 Å². The zero-order chi connectivity index (χ0) is 16.3. The van der Waals surface area contributed by atoms with Crippen molar-refractivity contribution >= 4 is 21.4 Å². The van der Waals surface area contributed by atoms with Crippen LogP contribution >= 0.6 is 11.3 Å². The molecule has 120 valence electrons. The molecule has 1 aromatic carbocycles. The van der Waals surface area contributed by atoms with Gasteiger partial charge < -0.3 is 4.42 Å². The summed E-state index contributed by atoms with van der Waals surface area (Å²) in [4.78, 5) is 1.06. The van der Waals surface area contributed by atoms with E-state index < -0.39 is 10.0 Å². The van der Waals surface area contributed by atoms with Crippen LogP contribution in [0.3, 0.4) is 0 Å². The second kappa shape index (κ2) is 6.70. The monoisotopic (exact) mass is 347 g/mol. The summed E-state index contributed by atoms with van der Waals surface area (Å²) in [6, 6.07) is 13.1. The number of hydrogen-bond acceptors (Lipinski definition) is 4. The van der Waals surface area contributed by atoms with Gasteiger partial charge in [0.1, 0.15) is 4.21 Å². The first-order valence-corrected chi connectivity index (χ1v) is 9.58. The Morgan fingerprint density at radius 2 is 1.83 bits per heavy atom. The van der Waals surface area contributed by atoms with Gasteiger partial charge in [0.25, 0.3) is 0 Å². The molecule has 0 unspecified atom stereocenters. The second-order valence-electron chi connectivity index (χ2n) is 5.11. The van der Waals surface area contributed by atoms with Crippen molar-refractivity contribution in [3.05, 3.63) is 65.4 Å². The minimum absolute atomic E-state index is 0.271. The van der Waals surface area contributed by atoms with Crippen LogP contribution in [-0.2, 0) is 23.0 Å². The average Bonchev–Trinajstić information content (AvgIpc) is 3.25. The molecule has 6 heteroatoms. The molecule has 3 rings (SSSR count). The highest BCUT2D eigenvalue weighted by molar-refractivity contribution is 7.91. The van der Waals surface area contributed by atoms with E-state index in [1.807, 2.05) is 43.3 Å². The highest BCUT2D eigenvalue weighted by Crippen LogP contribution is 2.23. The van der Waals surface area contributed by atoms with Gasteiger partial charge in [-0.2, -0.15) is 0 Å². The van der Waals surface area contributed by atoms with Crippen molar-refractivity contribution in [3.63, 3.8) is 0 Å². The van der Waals surface area contributed by atoms with E-state index in [1.165, 1.54) is 11.3 Å². The van der Waals surface area contributed by atoms with Gasteiger partial charge in [-0.15, -0.1) is 11.3 Å². The van der Waals surface area contributed by atoms with Crippen LogP contribution in [0.4, 0.5) is 0 Å². The van der Waals surface area contributed by atoms with Gasteiger partial charge in [0.05, 0.1) is 12.5 Å². The van der Waals surface area contributed by atoms with Crippen LogP contribution < -0.4 is 4.72 Å². The summed E-state index contributed by atoms with van der Waals surface area (Å²) in [5, 5.41) is 0. The average molecular weight is 347 g/mol. The highest BCUT2D eigenvalue weighted by atomic mass is 32.2. The number of thiophene rings is 1. The van der Waals surface area contributed by atoms with Crippen molar-refractivity contribution in [2.75, 3.05) is 0 Å². The van der Waals surface area contributed by atoms with Crippen LogP contribution in [0.5, 0.6) is 0 Å². The maximum Gasteiger partial charge on any atom is 0.250 e. The smallest absolute Gasteiger partial charge is 0.250 e. The maximum atomic E-state index is 12.3. The molecule has 0 saturated carbocycles. The molecule has 2 heterocycles. The molecular weight excluding hydrogens is 330 g/mol. The molecule has 0 fully saturated rings. The Labute approximate surface area is 139 Å². The second-order valence-corrected chi connectivity index (χ2v) is 8.27. The Balaban J connectivity index is 1.68. The Bertz CT molecular complexity index is 863. The SMILES string of the molecule is CCc1ccc(S(=O)(=O)NCc2ccc(-c3ccoc3)cc2)s1. The van der Waals surface area contributed by atoms with E-state index in [2.05, 4.69) is 4.72 Å². The lowest BCUT2D eigenvalue weighted by Gasteiger charge is -2.06. The molecular formula is C17H17NO3S2. The van der Waals surface area contributed by atoms with E-state index in [0.717, 1.165) is 28.0 Å². The third-order valence-electron chi connectivity index (χ3n) is 3.53. The van der Waals surface area contributed by atoms with Crippen molar-refractivity contribution in [2.45, 2.75) is 24.1 Å². The quantitative estimate of drug-likeness (QED) is 0.732. The van der Waals surface area contributed by atoms with Crippen molar-refractivity contribution < 1.29 is 12.8 Å². The number of benzene rings is 1. The van der Waals surface area contributed by atoms with E-state index in [-0.39, 0.29) is 6.54 Å². The maximum absolute atomic E-state index is 12.3. The lowest BCUT2D eigenvalue weighted by atomic mass is 10.1. The van der Waals surface area contributed by atoms with Crippen LogP contribution in [0, 0.1) is 0 Å². The predicted octanol–water partition coefficient (Wildman–Crippen LogP) is 4.05. The van der Waals surface area contributed by atoms with E-state index in [4.69, 9.17) is 4.42 Å². The van der Waals surface area contributed by atoms with Gasteiger partial charge in [0.2, 0.25) is 10.0 Å². The van der Waals surface area contributed by atoms with Gasteiger partial charge in [0, 0.05) is 17.0 Å². The number of nitrogens with one attached hydrogen (secondary N) is 1. The van der Waals surface area contributed by atoms with Crippen molar-refractivity contribution in [2.24, 2.45) is 0 Å². The molecule has 0 aliphatic carbocycles. The minimum Gasteiger partial charge on any atom is -0.472 e. The number of rotatable bonds is 6. The molecule has 0 aliphatic rings. The minimum atomic E-state index is -3.45. The fourth-order valence-corrected chi connectivity index (χ4v) is 4.54. The fourth-order valence-electron chi connectivity index (χ4n) is 2.19. The van der Waals surface area contributed by atoms with Gasteiger partial charge in [-0.25, -0.2) is 13.1 Å². The van der Waals surface area contributed by atoms with Crippen LogP contribution in [0.25, 0.3) is 11.1 Å². The third-order valence-corrected chi connectivity index (χ3v) is 6.65. The van der Waals surface area contributed by atoms with E-state index in [1.54, 1.807) is 18.6 Å². The molecule has 0 saturated heterocycles. The largest absolute Gasteiger partial charge is 0.472 e. The molecule has 0 amide bonds. The summed E-state index contributed by atoms with van der Waals surface area (Å²) >= 11 is 1.31. The molecule has 2 aromatic heterocycles. The lowest BCUT2D eigenvalue weighted by molar-refractivity contribution is 0.568. The van der Waals surface area contributed by atoms with Gasteiger partial charge in [0.15, 0.2) is 0 Å². The summed E-state index contributed by atoms with van der Waals surface area (Å²) in [5.41, 5.74) is 2.95. The normalized spacial score (nSPS) is 11.7. The molecule has 1 N–H and O–H groups in total. The summed E-state index contributed by atoms with van der Waals surface area (Å²) in [5.74, 6) is 0. The summed E-state index contributed by atoms with van der Waals surface area (Å²) in [6.07, 6.45) is 4.15. The van der Waals surface area contributed by atoms with Crippen LogP contribution in [0.1, 0.15) is 17.4 Å². The standard InChI is InChI=1S/C17H17NO3S2/c1-2-16-7-8-17(22-16)23(19,20)18-11-13-3-5-14(6-4-13)15-9-10-21-12-15/h3-10,12,18H,2,11H2,1H3. The Kier molecular flexibility index (Phi) is 4.66. The number of hydrogen-bond donors (Lipinski definition) is 1. The van der Waals surface area contributed by atoms with E-state index >= 15 is 0 Å². The topological polar surface area (TPSA) is 59.3 Å². The van der Waals surface area contributed by atoms with Gasteiger partial charge in [-0.3, -0.25) is 0 Å². The van der Waals surface area contributed by atoms with Crippen LogP contribution in [0.2, 0.25) is 0 Å².